The lowest BCUT2D eigenvalue weighted by atomic mass is 9.99. The van der Waals surface area contributed by atoms with Crippen molar-refractivity contribution >= 4 is 23.2 Å². The molecule has 1 atom stereocenters. The van der Waals surface area contributed by atoms with Gasteiger partial charge in [-0.15, -0.1) is 0 Å². The molecule has 1 fully saturated rings. The van der Waals surface area contributed by atoms with Crippen LogP contribution in [0, 0.1) is 0 Å². The SMILES string of the molecule is CCC1CCCCN1c1ccc(C(=O)NCCc2cccc(Cl)c2)nc1. The van der Waals surface area contributed by atoms with E-state index in [2.05, 4.69) is 22.1 Å². The summed E-state index contributed by atoms with van der Waals surface area (Å²) in [6.45, 7) is 3.87. The van der Waals surface area contributed by atoms with Crippen LogP contribution in [0.3, 0.4) is 0 Å². The molecule has 1 aliphatic rings. The van der Waals surface area contributed by atoms with Crippen LogP contribution < -0.4 is 10.2 Å². The van der Waals surface area contributed by atoms with Gasteiger partial charge in [0, 0.05) is 24.2 Å². The van der Waals surface area contributed by atoms with Crippen LogP contribution in [0.25, 0.3) is 0 Å². The summed E-state index contributed by atoms with van der Waals surface area (Å²) in [6, 6.07) is 12.1. The number of hydrogen-bond acceptors (Lipinski definition) is 3. The molecule has 5 heteroatoms. The molecule has 26 heavy (non-hydrogen) atoms. The van der Waals surface area contributed by atoms with Gasteiger partial charge in [0.1, 0.15) is 5.69 Å². The third kappa shape index (κ3) is 4.76. The molecule has 0 radical (unpaired) electrons. The molecule has 2 aromatic rings. The van der Waals surface area contributed by atoms with Gasteiger partial charge in [-0.1, -0.05) is 30.7 Å². The van der Waals surface area contributed by atoms with E-state index in [4.69, 9.17) is 11.6 Å². The molecular weight excluding hydrogens is 346 g/mol. The highest BCUT2D eigenvalue weighted by Crippen LogP contribution is 2.25. The van der Waals surface area contributed by atoms with E-state index in [1.807, 2.05) is 42.6 Å². The third-order valence-corrected chi connectivity index (χ3v) is 5.23. The summed E-state index contributed by atoms with van der Waals surface area (Å²) >= 11 is 5.98. The van der Waals surface area contributed by atoms with E-state index < -0.39 is 0 Å². The van der Waals surface area contributed by atoms with Crippen LogP contribution in [-0.2, 0) is 6.42 Å². The van der Waals surface area contributed by atoms with Gasteiger partial charge in [0.05, 0.1) is 11.9 Å². The monoisotopic (exact) mass is 371 g/mol. The molecule has 3 rings (SSSR count). The quantitative estimate of drug-likeness (QED) is 0.814. The maximum absolute atomic E-state index is 12.3. The summed E-state index contributed by atoms with van der Waals surface area (Å²) in [5.41, 5.74) is 2.69. The van der Waals surface area contributed by atoms with E-state index in [0.717, 1.165) is 30.6 Å². The molecule has 1 amide bonds. The molecule has 1 unspecified atom stereocenters. The first-order valence-corrected chi connectivity index (χ1v) is 9.80. The highest BCUT2D eigenvalue weighted by atomic mass is 35.5. The highest BCUT2D eigenvalue weighted by Gasteiger charge is 2.21. The van der Waals surface area contributed by atoms with Gasteiger partial charge < -0.3 is 10.2 Å². The lowest BCUT2D eigenvalue weighted by Gasteiger charge is -2.37. The van der Waals surface area contributed by atoms with Crippen molar-refractivity contribution in [2.24, 2.45) is 0 Å². The molecule has 0 bridgehead atoms. The van der Waals surface area contributed by atoms with Gasteiger partial charge in [-0.05, 0) is 61.9 Å². The fourth-order valence-electron chi connectivity index (χ4n) is 3.56. The molecule has 1 saturated heterocycles. The van der Waals surface area contributed by atoms with E-state index in [1.165, 1.54) is 19.3 Å². The zero-order valence-electron chi connectivity index (χ0n) is 15.2. The first kappa shape index (κ1) is 18.7. The van der Waals surface area contributed by atoms with Crippen molar-refractivity contribution < 1.29 is 4.79 Å². The van der Waals surface area contributed by atoms with Crippen molar-refractivity contribution in [3.8, 4) is 0 Å². The number of halogens is 1. The van der Waals surface area contributed by atoms with Gasteiger partial charge in [-0.25, -0.2) is 4.98 Å². The van der Waals surface area contributed by atoms with E-state index in [9.17, 15) is 4.79 Å². The zero-order chi connectivity index (χ0) is 18.4. The molecule has 4 nitrogen and oxygen atoms in total. The summed E-state index contributed by atoms with van der Waals surface area (Å²) < 4.78 is 0. The largest absolute Gasteiger partial charge is 0.367 e. The number of nitrogens with zero attached hydrogens (tertiary/aromatic N) is 2. The number of piperidine rings is 1. The predicted octanol–water partition coefficient (Wildman–Crippen LogP) is 4.48. The number of pyridine rings is 1. The molecule has 1 aliphatic heterocycles. The smallest absolute Gasteiger partial charge is 0.269 e. The van der Waals surface area contributed by atoms with E-state index in [1.54, 1.807) is 0 Å². The van der Waals surface area contributed by atoms with Crippen LogP contribution in [0.15, 0.2) is 42.6 Å². The van der Waals surface area contributed by atoms with Crippen molar-refractivity contribution in [1.82, 2.24) is 10.3 Å². The summed E-state index contributed by atoms with van der Waals surface area (Å²) in [5, 5.41) is 3.64. The molecule has 0 saturated carbocycles. The third-order valence-electron chi connectivity index (χ3n) is 5.00. The van der Waals surface area contributed by atoms with Crippen LogP contribution in [-0.4, -0.2) is 30.0 Å². The number of hydrogen-bond donors (Lipinski definition) is 1. The van der Waals surface area contributed by atoms with Gasteiger partial charge in [0.2, 0.25) is 0 Å². The van der Waals surface area contributed by atoms with E-state index in [0.29, 0.717) is 23.3 Å². The number of nitrogens with one attached hydrogen (secondary N) is 1. The fourth-order valence-corrected chi connectivity index (χ4v) is 3.77. The van der Waals surface area contributed by atoms with Crippen LogP contribution in [0.1, 0.15) is 48.7 Å². The Morgan fingerprint density at radius 2 is 2.19 bits per heavy atom. The Balaban J connectivity index is 1.55. The average molecular weight is 372 g/mol. The van der Waals surface area contributed by atoms with Crippen LogP contribution in [0.5, 0.6) is 0 Å². The normalized spacial score (nSPS) is 17.2. The molecule has 1 aromatic carbocycles. The first-order chi connectivity index (χ1) is 12.7. The Hall–Kier alpha value is -2.07. The fraction of sp³-hybridized carbons (Fsp3) is 0.429. The number of anilines is 1. The average Bonchev–Trinajstić information content (AvgIpc) is 2.68. The number of aromatic nitrogens is 1. The number of benzene rings is 1. The lowest BCUT2D eigenvalue weighted by molar-refractivity contribution is 0.0949. The molecule has 0 aliphatic carbocycles. The summed E-state index contributed by atoms with van der Waals surface area (Å²) in [4.78, 5) is 19.1. The minimum atomic E-state index is -0.135. The van der Waals surface area contributed by atoms with Crippen molar-refractivity contribution in [1.29, 1.82) is 0 Å². The molecule has 1 aromatic heterocycles. The minimum Gasteiger partial charge on any atom is -0.367 e. The topological polar surface area (TPSA) is 45.2 Å². The minimum absolute atomic E-state index is 0.135. The van der Waals surface area contributed by atoms with Gasteiger partial charge >= 0.3 is 0 Å². The Morgan fingerprint density at radius 1 is 1.31 bits per heavy atom. The van der Waals surface area contributed by atoms with Gasteiger partial charge in [-0.3, -0.25) is 4.79 Å². The molecule has 1 N–H and O–H groups in total. The second-order valence-corrected chi connectivity index (χ2v) is 7.23. The van der Waals surface area contributed by atoms with Crippen LogP contribution in [0.2, 0.25) is 5.02 Å². The summed E-state index contributed by atoms with van der Waals surface area (Å²) in [5.74, 6) is -0.135. The maximum Gasteiger partial charge on any atom is 0.269 e. The molecular formula is C21H26ClN3O. The van der Waals surface area contributed by atoms with Crippen LogP contribution >= 0.6 is 11.6 Å². The number of carbonyl (C=O) groups excluding carboxylic acids is 1. The predicted molar refractivity (Wildman–Crippen MR) is 107 cm³/mol. The standard InChI is InChI=1S/C21H26ClN3O/c1-2-18-8-3-4-13-25(18)19-9-10-20(24-15-19)21(26)23-12-11-16-6-5-7-17(22)14-16/h5-7,9-10,14-15,18H,2-4,8,11-13H2,1H3,(H,23,26). The van der Waals surface area contributed by atoms with Crippen molar-refractivity contribution in [3.05, 3.63) is 58.9 Å². The zero-order valence-corrected chi connectivity index (χ0v) is 16.0. The lowest BCUT2D eigenvalue weighted by Crippen LogP contribution is -2.39. The van der Waals surface area contributed by atoms with Gasteiger partial charge in [-0.2, -0.15) is 0 Å². The van der Waals surface area contributed by atoms with Crippen molar-refractivity contribution in [2.75, 3.05) is 18.0 Å². The summed E-state index contributed by atoms with van der Waals surface area (Å²) in [6.07, 6.45) is 7.49. The van der Waals surface area contributed by atoms with E-state index >= 15 is 0 Å². The molecule has 138 valence electrons. The molecule has 2 heterocycles. The van der Waals surface area contributed by atoms with Gasteiger partial charge in [0.15, 0.2) is 0 Å². The number of amides is 1. The Labute approximate surface area is 160 Å². The number of carbonyl (C=O) groups is 1. The van der Waals surface area contributed by atoms with Gasteiger partial charge in [0.25, 0.3) is 5.91 Å². The number of rotatable bonds is 6. The first-order valence-electron chi connectivity index (χ1n) is 9.42. The Bertz CT molecular complexity index is 732. The van der Waals surface area contributed by atoms with Crippen molar-refractivity contribution in [3.63, 3.8) is 0 Å². The van der Waals surface area contributed by atoms with Crippen LogP contribution in [0.4, 0.5) is 5.69 Å². The van der Waals surface area contributed by atoms with Crippen molar-refractivity contribution in [2.45, 2.75) is 45.1 Å². The maximum atomic E-state index is 12.3. The van der Waals surface area contributed by atoms with E-state index in [-0.39, 0.29) is 5.91 Å². The molecule has 0 spiro atoms. The Kier molecular flexibility index (Phi) is 6.51. The Morgan fingerprint density at radius 3 is 2.92 bits per heavy atom. The second kappa shape index (κ2) is 9.04. The second-order valence-electron chi connectivity index (χ2n) is 6.79. The summed E-state index contributed by atoms with van der Waals surface area (Å²) in [7, 11) is 0. The highest BCUT2D eigenvalue weighted by molar-refractivity contribution is 6.30.